The number of ether oxygens (including phenoxy) is 1. The smallest absolute Gasteiger partial charge is 0.338 e. The van der Waals surface area contributed by atoms with Crippen molar-refractivity contribution in [1.29, 1.82) is 0 Å². The molecule has 1 aromatic carbocycles. The number of hydrogen-bond donors (Lipinski definition) is 0. The van der Waals surface area contributed by atoms with Gasteiger partial charge in [0.15, 0.2) is 6.29 Å². The highest BCUT2D eigenvalue weighted by molar-refractivity contribution is 5.93. The predicted molar refractivity (Wildman–Crippen MR) is 54.6 cm³/mol. The number of nitro groups is 1. The lowest BCUT2D eigenvalue weighted by Crippen LogP contribution is -2.05. The van der Waals surface area contributed by atoms with Crippen molar-refractivity contribution in [3.05, 3.63) is 38.9 Å². The summed E-state index contributed by atoms with van der Waals surface area (Å²) in [6.07, 6.45) is 0.467. The molecule has 1 rings (SSSR count). The molecule has 0 heterocycles. The number of rotatable bonds is 3. The molecule has 84 valence electrons. The number of methoxy groups -OCH3 is 1. The molecule has 0 amide bonds. The van der Waals surface area contributed by atoms with Crippen LogP contribution in [0.25, 0.3) is 0 Å². The molecule has 0 atom stereocenters. The van der Waals surface area contributed by atoms with Gasteiger partial charge in [-0.05, 0) is 13.0 Å². The van der Waals surface area contributed by atoms with E-state index in [1.54, 1.807) is 0 Å². The Hall–Kier alpha value is -2.24. The molecule has 0 fully saturated rings. The van der Waals surface area contributed by atoms with Gasteiger partial charge in [0.05, 0.1) is 17.6 Å². The van der Waals surface area contributed by atoms with Crippen molar-refractivity contribution in [3.63, 3.8) is 0 Å². The Bertz CT molecular complexity index is 467. The molecule has 0 aromatic heterocycles. The van der Waals surface area contributed by atoms with Gasteiger partial charge in [-0.15, -0.1) is 0 Å². The molecule has 6 nitrogen and oxygen atoms in total. The van der Waals surface area contributed by atoms with E-state index in [2.05, 4.69) is 4.74 Å². The summed E-state index contributed by atoms with van der Waals surface area (Å²) >= 11 is 0. The minimum absolute atomic E-state index is 0.0121. The normalized spacial score (nSPS) is 9.62. The average Bonchev–Trinajstić information content (AvgIpc) is 2.27. The second-order valence-electron chi connectivity index (χ2n) is 3.08. The quantitative estimate of drug-likeness (QED) is 0.335. The topological polar surface area (TPSA) is 86.5 Å². The van der Waals surface area contributed by atoms with Gasteiger partial charge in [-0.3, -0.25) is 14.9 Å². The van der Waals surface area contributed by atoms with Gasteiger partial charge in [-0.2, -0.15) is 0 Å². The monoisotopic (exact) mass is 223 g/mol. The summed E-state index contributed by atoms with van der Waals surface area (Å²) in [4.78, 5) is 31.9. The fraction of sp³-hybridized carbons (Fsp3) is 0.200. The Labute approximate surface area is 91.0 Å². The highest BCUT2D eigenvalue weighted by Crippen LogP contribution is 2.23. The van der Waals surface area contributed by atoms with Crippen molar-refractivity contribution in [2.24, 2.45) is 0 Å². The van der Waals surface area contributed by atoms with Gasteiger partial charge < -0.3 is 4.74 Å². The van der Waals surface area contributed by atoms with E-state index in [4.69, 9.17) is 0 Å². The maximum Gasteiger partial charge on any atom is 0.338 e. The van der Waals surface area contributed by atoms with Crippen LogP contribution in [0.3, 0.4) is 0 Å². The van der Waals surface area contributed by atoms with Crippen LogP contribution in [0, 0.1) is 17.0 Å². The zero-order chi connectivity index (χ0) is 12.3. The summed E-state index contributed by atoms with van der Waals surface area (Å²) in [5.74, 6) is -0.716. The van der Waals surface area contributed by atoms with Crippen LogP contribution in [0.4, 0.5) is 5.69 Å². The lowest BCUT2D eigenvalue weighted by Gasteiger charge is -2.04. The lowest BCUT2D eigenvalue weighted by atomic mass is 10.0. The molecule has 1 aromatic rings. The molecule has 0 saturated carbocycles. The van der Waals surface area contributed by atoms with Crippen molar-refractivity contribution >= 4 is 17.9 Å². The van der Waals surface area contributed by atoms with Crippen LogP contribution in [0.15, 0.2) is 12.1 Å². The third-order valence-electron chi connectivity index (χ3n) is 2.17. The van der Waals surface area contributed by atoms with E-state index < -0.39 is 10.9 Å². The van der Waals surface area contributed by atoms with Crippen LogP contribution in [0.1, 0.15) is 26.3 Å². The molecule has 0 bridgehead atoms. The standard InChI is InChI=1S/C10H9NO5/c1-6-8(5-12)3-7(10(13)16-2)4-9(6)11(14)15/h3-5H,1-2H3. The molecule has 0 aliphatic heterocycles. The molecular weight excluding hydrogens is 214 g/mol. The number of nitro benzene ring substituents is 1. The van der Waals surface area contributed by atoms with Gasteiger partial charge in [-0.1, -0.05) is 0 Å². The molecule has 0 N–H and O–H groups in total. The van der Waals surface area contributed by atoms with E-state index in [0.29, 0.717) is 6.29 Å². The van der Waals surface area contributed by atoms with Crippen molar-refractivity contribution < 1.29 is 19.2 Å². The van der Waals surface area contributed by atoms with Crippen molar-refractivity contribution in [2.45, 2.75) is 6.92 Å². The fourth-order valence-corrected chi connectivity index (χ4v) is 1.27. The Morgan fingerprint density at radius 2 is 2.12 bits per heavy atom. The first-order chi connectivity index (χ1) is 7.51. The van der Waals surface area contributed by atoms with Crippen LogP contribution in [0.5, 0.6) is 0 Å². The van der Waals surface area contributed by atoms with E-state index in [-0.39, 0.29) is 22.4 Å². The number of carbonyl (C=O) groups excluding carboxylic acids is 2. The molecular formula is C10H9NO5. The largest absolute Gasteiger partial charge is 0.465 e. The number of hydrogen-bond acceptors (Lipinski definition) is 5. The summed E-state index contributed by atoms with van der Waals surface area (Å²) in [6.45, 7) is 1.45. The molecule has 0 aliphatic carbocycles. The lowest BCUT2D eigenvalue weighted by molar-refractivity contribution is -0.385. The SMILES string of the molecule is COC(=O)c1cc(C=O)c(C)c([N+](=O)[O-])c1. The van der Waals surface area contributed by atoms with Gasteiger partial charge >= 0.3 is 5.97 Å². The summed E-state index contributed by atoms with van der Waals surface area (Å²) in [5, 5.41) is 10.7. The van der Waals surface area contributed by atoms with Gasteiger partial charge in [-0.25, -0.2) is 4.79 Å². The zero-order valence-corrected chi connectivity index (χ0v) is 8.72. The molecule has 0 radical (unpaired) electrons. The third kappa shape index (κ3) is 2.05. The number of carbonyl (C=O) groups is 2. The summed E-state index contributed by atoms with van der Waals surface area (Å²) in [5.41, 5.74) is 0.0501. The second-order valence-corrected chi connectivity index (χ2v) is 3.08. The van der Waals surface area contributed by atoms with Crippen molar-refractivity contribution in [1.82, 2.24) is 0 Å². The molecule has 0 aliphatic rings. The van der Waals surface area contributed by atoms with Crippen LogP contribution in [0.2, 0.25) is 0 Å². The van der Waals surface area contributed by atoms with Crippen LogP contribution < -0.4 is 0 Å². The molecule has 6 heteroatoms. The van der Waals surface area contributed by atoms with Gasteiger partial charge in [0.1, 0.15) is 0 Å². The predicted octanol–water partition coefficient (Wildman–Crippen LogP) is 1.50. The Balaban J connectivity index is 3.45. The number of aldehydes is 1. The van der Waals surface area contributed by atoms with E-state index in [1.165, 1.54) is 13.0 Å². The van der Waals surface area contributed by atoms with E-state index in [9.17, 15) is 19.7 Å². The maximum atomic E-state index is 11.2. The van der Waals surface area contributed by atoms with E-state index >= 15 is 0 Å². The minimum Gasteiger partial charge on any atom is -0.465 e. The first kappa shape index (κ1) is 11.8. The van der Waals surface area contributed by atoms with E-state index in [1.807, 2.05) is 0 Å². The first-order valence-corrected chi connectivity index (χ1v) is 4.33. The van der Waals surface area contributed by atoms with Gasteiger partial charge in [0.25, 0.3) is 5.69 Å². The molecule has 0 unspecified atom stereocenters. The number of nitrogens with zero attached hydrogens (tertiary/aromatic N) is 1. The summed E-state index contributed by atoms with van der Waals surface area (Å²) in [7, 11) is 1.16. The maximum absolute atomic E-state index is 11.2. The molecule has 0 saturated heterocycles. The van der Waals surface area contributed by atoms with Gasteiger partial charge in [0.2, 0.25) is 0 Å². The average molecular weight is 223 g/mol. The van der Waals surface area contributed by atoms with Crippen LogP contribution in [-0.2, 0) is 4.74 Å². The summed E-state index contributed by atoms with van der Waals surface area (Å²) in [6, 6.07) is 2.36. The first-order valence-electron chi connectivity index (χ1n) is 4.33. The van der Waals surface area contributed by atoms with Gasteiger partial charge in [0, 0.05) is 17.2 Å². The Kier molecular flexibility index (Phi) is 3.34. The van der Waals surface area contributed by atoms with E-state index in [0.717, 1.165) is 13.2 Å². The Morgan fingerprint density at radius 1 is 1.50 bits per heavy atom. The number of esters is 1. The van der Waals surface area contributed by atoms with Crippen molar-refractivity contribution in [2.75, 3.05) is 7.11 Å². The Morgan fingerprint density at radius 3 is 2.56 bits per heavy atom. The minimum atomic E-state index is -0.716. The van der Waals surface area contributed by atoms with Crippen molar-refractivity contribution in [3.8, 4) is 0 Å². The van der Waals surface area contributed by atoms with Crippen LogP contribution >= 0.6 is 0 Å². The number of benzene rings is 1. The summed E-state index contributed by atoms with van der Waals surface area (Å²) < 4.78 is 4.43. The third-order valence-corrected chi connectivity index (χ3v) is 2.17. The molecule has 16 heavy (non-hydrogen) atoms. The zero-order valence-electron chi connectivity index (χ0n) is 8.72. The molecule has 0 spiro atoms. The van der Waals surface area contributed by atoms with Crippen LogP contribution in [-0.4, -0.2) is 24.3 Å². The fourth-order valence-electron chi connectivity index (χ4n) is 1.27. The highest BCUT2D eigenvalue weighted by atomic mass is 16.6. The highest BCUT2D eigenvalue weighted by Gasteiger charge is 2.19. The second kappa shape index (κ2) is 4.52.